The summed E-state index contributed by atoms with van der Waals surface area (Å²) >= 11 is 0. The molecule has 0 unspecified atom stereocenters. The van der Waals surface area contributed by atoms with Crippen molar-refractivity contribution in [3.8, 4) is 0 Å². The molecule has 1 heterocycles. The Bertz CT molecular complexity index is 384. The number of halogens is 2. The normalized spacial score (nSPS) is 22.9. The lowest BCUT2D eigenvalue weighted by molar-refractivity contribution is -0.0394. The molecule has 1 aromatic rings. The van der Waals surface area contributed by atoms with Gasteiger partial charge in [-0.05, 0) is 36.8 Å². The van der Waals surface area contributed by atoms with E-state index in [2.05, 4.69) is 11.3 Å². The van der Waals surface area contributed by atoms with Crippen molar-refractivity contribution in [3.63, 3.8) is 0 Å². The van der Waals surface area contributed by atoms with Crippen LogP contribution in [0, 0.1) is 23.5 Å². The molecule has 1 nitrogen and oxygen atoms in total. The van der Waals surface area contributed by atoms with Crippen LogP contribution >= 0.6 is 0 Å². The van der Waals surface area contributed by atoms with Crippen molar-refractivity contribution < 1.29 is 8.78 Å². The average molecular weight is 222 g/mol. The molecule has 1 saturated heterocycles. The Morgan fingerprint density at radius 2 is 1.75 bits per heavy atom. The third-order valence-electron chi connectivity index (χ3n) is 3.72. The monoisotopic (exact) mass is 222 g/mol. The summed E-state index contributed by atoms with van der Waals surface area (Å²) in [7, 11) is 0. The zero-order chi connectivity index (χ0) is 11.2. The second-order valence-electron chi connectivity index (χ2n) is 5.04. The largest absolute Gasteiger partial charge is 0.298 e. The molecular weight excluding hydrogens is 208 g/mol. The molecule has 3 rings (SSSR count). The van der Waals surface area contributed by atoms with Crippen LogP contribution in [0.1, 0.15) is 18.4 Å². The van der Waals surface area contributed by atoms with Gasteiger partial charge in [0, 0.05) is 25.2 Å². The maximum absolute atomic E-state index is 13.4. The topological polar surface area (TPSA) is 3.24 Å². The Labute approximate surface area is 94.1 Å². The molecule has 0 N–H and O–H groups in total. The van der Waals surface area contributed by atoms with E-state index in [9.17, 15) is 8.78 Å². The van der Waals surface area contributed by atoms with Crippen LogP contribution in [-0.4, -0.2) is 18.0 Å². The third-order valence-corrected chi connectivity index (χ3v) is 3.72. The fourth-order valence-corrected chi connectivity index (χ4v) is 2.73. The van der Waals surface area contributed by atoms with E-state index in [1.165, 1.54) is 31.0 Å². The second kappa shape index (κ2) is 3.52. The summed E-state index contributed by atoms with van der Waals surface area (Å²) in [6.45, 7) is 2.37. The SMILES string of the molecule is Fc1cccc(F)c1CN1CC2(C[CH]C2)C1. The molecular formula is C13H14F2N. The summed E-state index contributed by atoms with van der Waals surface area (Å²) < 4.78 is 26.8. The Hall–Kier alpha value is -0.960. The van der Waals surface area contributed by atoms with Gasteiger partial charge in [-0.2, -0.15) is 0 Å². The van der Waals surface area contributed by atoms with Gasteiger partial charge in [0.1, 0.15) is 11.6 Å². The highest BCUT2D eigenvalue weighted by Gasteiger charge is 2.47. The van der Waals surface area contributed by atoms with Crippen LogP contribution in [0.2, 0.25) is 0 Å². The average Bonchev–Trinajstić information content (AvgIpc) is 2.11. The van der Waals surface area contributed by atoms with Gasteiger partial charge in [0.2, 0.25) is 0 Å². The Morgan fingerprint density at radius 3 is 2.25 bits per heavy atom. The summed E-state index contributed by atoms with van der Waals surface area (Å²) in [5, 5.41) is 0. The summed E-state index contributed by atoms with van der Waals surface area (Å²) in [5.74, 6) is -0.859. The smallest absolute Gasteiger partial charge is 0.130 e. The van der Waals surface area contributed by atoms with E-state index in [4.69, 9.17) is 0 Å². The van der Waals surface area contributed by atoms with Gasteiger partial charge >= 0.3 is 0 Å². The standard InChI is InChI=1S/C13H14F2N/c14-11-3-1-4-12(15)10(11)7-16-8-13(9-16)5-2-6-13/h1-4H,5-9H2. The number of benzene rings is 1. The number of nitrogens with zero attached hydrogens (tertiary/aromatic N) is 1. The molecule has 1 spiro atoms. The van der Waals surface area contributed by atoms with Gasteiger partial charge in [-0.15, -0.1) is 0 Å². The van der Waals surface area contributed by atoms with Crippen LogP contribution in [0.3, 0.4) is 0 Å². The van der Waals surface area contributed by atoms with Crippen molar-refractivity contribution in [2.45, 2.75) is 19.4 Å². The van der Waals surface area contributed by atoms with Crippen molar-refractivity contribution in [1.82, 2.24) is 4.90 Å². The minimum Gasteiger partial charge on any atom is -0.298 e. The Morgan fingerprint density at radius 1 is 1.12 bits per heavy atom. The summed E-state index contributed by atoms with van der Waals surface area (Å²) in [5.41, 5.74) is 0.669. The fourth-order valence-electron chi connectivity index (χ4n) is 2.73. The molecule has 0 bridgehead atoms. The van der Waals surface area contributed by atoms with Crippen LogP contribution in [0.5, 0.6) is 0 Å². The van der Waals surface area contributed by atoms with Crippen LogP contribution in [-0.2, 0) is 6.54 Å². The van der Waals surface area contributed by atoms with Crippen molar-refractivity contribution >= 4 is 0 Å². The Kier molecular flexibility index (Phi) is 2.25. The van der Waals surface area contributed by atoms with E-state index >= 15 is 0 Å². The van der Waals surface area contributed by atoms with Gasteiger partial charge in [0.05, 0.1) is 0 Å². The first-order valence-corrected chi connectivity index (χ1v) is 5.65. The fraction of sp³-hybridized carbons (Fsp3) is 0.462. The quantitative estimate of drug-likeness (QED) is 0.743. The molecule has 1 radical (unpaired) electrons. The van der Waals surface area contributed by atoms with E-state index in [1.54, 1.807) is 0 Å². The molecule has 1 saturated carbocycles. The molecule has 2 fully saturated rings. The molecule has 0 atom stereocenters. The van der Waals surface area contributed by atoms with Gasteiger partial charge in [-0.3, -0.25) is 4.90 Å². The predicted molar refractivity (Wildman–Crippen MR) is 57.6 cm³/mol. The molecule has 1 aliphatic heterocycles. The van der Waals surface area contributed by atoms with E-state index in [1.807, 2.05) is 0 Å². The van der Waals surface area contributed by atoms with Crippen LogP contribution in [0.15, 0.2) is 18.2 Å². The zero-order valence-electron chi connectivity index (χ0n) is 9.05. The van der Waals surface area contributed by atoms with Crippen LogP contribution in [0.4, 0.5) is 8.78 Å². The van der Waals surface area contributed by atoms with Gasteiger partial charge in [-0.1, -0.05) is 6.07 Å². The minimum absolute atomic E-state index is 0.209. The number of hydrogen-bond donors (Lipinski definition) is 0. The van der Waals surface area contributed by atoms with Gasteiger partial charge in [0.25, 0.3) is 0 Å². The highest BCUT2D eigenvalue weighted by molar-refractivity contribution is 5.20. The van der Waals surface area contributed by atoms with E-state index < -0.39 is 11.6 Å². The first-order valence-electron chi connectivity index (χ1n) is 5.65. The molecule has 2 aliphatic rings. The van der Waals surface area contributed by atoms with E-state index in [0.717, 1.165) is 13.1 Å². The van der Waals surface area contributed by atoms with Crippen molar-refractivity contribution in [1.29, 1.82) is 0 Å². The first kappa shape index (κ1) is 10.2. The third kappa shape index (κ3) is 1.54. The van der Waals surface area contributed by atoms with Crippen LogP contribution < -0.4 is 0 Å². The lowest BCUT2D eigenvalue weighted by Gasteiger charge is -2.56. The summed E-state index contributed by atoms with van der Waals surface area (Å²) in [6, 6.07) is 4.06. The highest BCUT2D eigenvalue weighted by Crippen LogP contribution is 2.47. The second-order valence-corrected chi connectivity index (χ2v) is 5.04. The maximum atomic E-state index is 13.4. The molecule has 1 aromatic carbocycles. The van der Waals surface area contributed by atoms with E-state index in [-0.39, 0.29) is 5.56 Å². The summed E-state index contributed by atoms with van der Waals surface area (Å²) in [6.07, 6.45) is 4.62. The van der Waals surface area contributed by atoms with Crippen molar-refractivity contribution in [3.05, 3.63) is 41.8 Å². The molecule has 3 heteroatoms. The number of likely N-dealkylation sites (tertiary alicyclic amines) is 1. The lowest BCUT2D eigenvalue weighted by Crippen LogP contribution is -2.59. The van der Waals surface area contributed by atoms with Gasteiger partial charge in [0.15, 0.2) is 0 Å². The number of rotatable bonds is 2. The lowest BCUT2D eigenvalue weighted by atomic mass is 9.63. The molecule has 0 aromatic heterocycles. The molecule has 16 heavy (non-hydrogen) atoms. The van der Waals surface area contributed by atoms with Gasteiger partial charge in [-0.25, -0.2) is 8.78 Å². The molecule has 0 amide bonds. The summed E-state index contributed by atoms with van der Waals surface area (Å²) in [4.78, 5) is 2.12. The van der Waals surface area contributed by atoms with Crippen molar-refractivity contribution in [2.24, 2.45) is 5.41 Å². The predicted octanol–water partition coefficient (Wildman–Crippen LogP) is 2.76. The zero-order valence-corrected chi connectivity index (χ0v) is 9.05. The first-order chi connectivity index (χ1) is 7.69. The molecule has 85 valence electrons. The number of hydrogen-bond acceptors (Lipinski definition) is 1. The van der Waals surface area contributed by atoms with Crippen molar-refractivity contribution in [2.75, 3.05) is 13.1 Å². The Balaban J connectivity index is 1.67. The van der Waals surface area contributed by atoms with Gasteiger partial charge < -0.3 is 0 Å². The molecule has 1 aliphatic carbocycles. The van der Waals surface area contributed by atoms with Crippen LogP contribution in [0.25, 0.3) is 0 Å². The van der Waals surface area contributed by atoms with E-state index in [0.29, 0.717) is 12.0 Å². The maximum Gasteiger partial charge on any atom is 0.130 e. The highest BCUT2D eigenvalue weighted by atomic mass is 19.1. The minimum atomic E-state index is -0.430.